The molecular formula is C15H12BrF2N3O2. The Balaban J connectivity index is 2.01. The zero-order chi connectivity index (χ0) is 16.4. The Morgan fingerprint density at radius 1 is 1.35 bits per heavy atom. The summed E-state index contributed by atoms with van der Waals surface area (Å²) in [5.74, 6) is -5.11. The van der Waals surface area contributed by atoms with E-state index in [0.29, 0.717) is 15.7 Å². The highest BCUT2D eigenvalue weighted by Gasteiger charge is 2.46. The van der Waals surface area contributed by atoms with Crippen LogP contribution in [0.1, 0.15) is 11.3 Å². The van der Waals surface area contributed by atoms with Crippen LogP contribution in [0.3, 0.4) is 0 Å². The van der Waals surface area contributed by atoms with Gasteiger partial charge in [0.15, 0.2) is 0 Å². The van der Waals surface area contributed by atoms with Crippen molar-refractivity contribution in [2.45, 2.75) is 12.5 Å². The minimum Gasteiger partial charge on any atom is -0.375 e. The molecule has 3 rings (SSSR count). The number of rotatable bonds is 2. The normalized spacial score (nSPS) is 15.0. The monoisotopic (exact) mass is 383 g/mol. The second kappa shape index (κ2) is 6.29. The lowest BCUT2D eigenvalue weighted by molar-refractivity contribution is -0.144. The number of fused-ring (bicyclic) bond motifs is 1. The summed E-state index contributed by atoms with van der Waals surface area (Å²) in [6.45, 7) is 0.482. The van der Waals surface area contributed by atoms with Crippen LogP contribution in [0, 0.1) is 0 Å². The molecule has 0 spiro atoms. The molecule has 0 N–H and O–H groups in total. The summed E-state index contributed by atoms with van der Waals surface area (Å²) < 4.78 is 35.1. The number of hydrogen-bond acceptors (Lipinski definition) is 4. The molecule has 0 fully saturated rings. The minimum atomic E-state index is -3.77. The zero-order valence-corrected chi connectivity index (χ0v) is 13.5. The number of amides is 1. The average Bonchev–Trinajstić information content (AvgIpc) is 2.77. The third-order valence-electron chi connectivity index (χ3n) is 3.45. The molecule has 1 amide bonds. The molecule has 5 nitrogen and oxygen atoms in total. The lowest BCUT2D eigenvalue weighted by atomic mass is 10.1. The van der Waals surface area contributed by atoms with Gasteiger partial charge in [-0.25, -0.2) is 0 Å². The van der Waals surface area contributed by atoms with Crippen LogP contribution in [-0.4, -0.2) is 29.0 Å². The highest BCUT2D eigenvalue weighted by atomic mass is 79.9. The van der Waals surface area contributed by atoms with Crippen LogP contribution in [0.5, 0.6) is 0 Å². The highest BCUT2D eigenvalue weighted by molar-refractivity contribution is 9.10. The van der Waals surface area contributed by atoms with Gasteiger partial charge in [0.25, 0.3) is 0 Å². The molecule has 1 aromatic heterocycles. The molecule has 120 valence electrons. The molecule has 0 radical (unpaired) electrons. The number of halogens is 3. The van der Waals surface area contributed by atoms with Crippen LogP contribution in [0.25, 0.3) is 0 Å². The number of ether oxygens (including phenoxy) is 1. The van der Waals surface area contributed by atoms with Crippen molar-refractivity contribution >= 4 is 27.5 Å². The number of carbonyl (C=O) groups is 1. The van der Waals surface area contributed by atoms with E-state index in [9.17, 15) is 13.6 Å². The second-order valence-electron chi connectivity index (χ2n) is 4.95. The van der Waals surface area contributed by atoms with E-state index in [0.717, 1.165) is 17.3 Å². The summed E-state index contributed by atoms with van der Waals surface area (Å²) >= 11 is 3.30. The molecule has 1 aliphatic heterocycles. The molecule has 0 unspecified atom stereocenters. The molecule has 0 saturated heterocycles. The second-order valence-corrected chi connectivity index (χ2v) is 5.86. The summed E-state index contributed by atoms with van der Waals surface area (Å²) in [5, 5.41) is 0. The Kier molecular flexibility index (Phi) is 4.36. The Bertz CT molecular complexity index is 728. The molecule has 1 aromatic carbocycles. The first-order chi connectivity index (χ1) is 11.0. The summed E-state index contributed by atoms with van der Waals surface area (Å²) in [4.78, 5) is 20.7. The summed E-state index contributed by atoms with van der Waals surface area (Å²) in [5.41, 5.74) is 0.408. The van der Waals surface area contributed by atoms with Gasteiger partial charge in [-0.3, -0.25) is 14.8 Å². The number of aromatic nitrogens is 2. The molecule has 1 aliphatic rings. The maximum atomic E-state index is 14.5. The number of carbonyl (C=O) groups excluding carboxylic acids is 1. The Labute approximate surface area is 139 Å². The zero-order valence-electron chi connectivity index (χ0n) is 11.9. The smallest absolute Gasteiger partial charge is 0.368 e. The molecule has 0 bridgehead atoms. The van der Waals surface area contributed by atoms with Gasteiger partial charge in [-0.05, 0) is 12.1 Å². The molecule has 23 heavy (non-hydrogen) atoms. The Morgan fingerprint density at radius 3 is 2.91 bits per heavy atom. The molecule has 8 heteroatoms. The van der Waals surface area contributed by atoms with Gasteiger partial charge >= 0.3 is 11.8 Å². The topological polar surface area (TPSA) is 55.3 Å². The number of alkyl halides is 2. The van der Waals surface area contributed by atoms with Crippen LogP contribution in [0.4, 0.5) is 14.5 Å². The standard InChI is InChI=1S/C15H12BrF2N3O2/c16-11-2-1-10-9-23-6-5-21(12(10)7-11)14(22)15(17,18)13-8-19-3-4-20-13/h1-4,7-8H,5-6,9H2. The van der Waals surface area contributed by atoms with Crippen molar-refractivity contribution < 1.29 is 18.3 Å². The fourth-order valence-electron chi connectivity index (χ4n) is 2.32. The maximum absolute atomic E-state index is 14.5. The SMILES string of the molecule is O=C(N1CCOCc2ccc(Br)cc21)C(F)(F)c1cnccn1. The van der Waals surface area contributed by atoms with Crippen molar-refractivity contribution in [1.82, 2.24) is 9.97 Å². The minimum absolute atomic E-state index is 0.0398. The van der Waals surface area contributed by atoms with Crippen LogP contribution < -0.4 is 4.90 Å². The van der Waals surface area contributed by atoms with Crippen molar-refractivity contribution in [1.29, 1.82) is 0 Å². The first kappa shape index (κ1) is 15.9. The van der Waals surface area contributed by atoms with Crippen molar-refractivity contribution in [3.05, 3.63) is 52.5 Å². The van der Waals surface area contributed by atoms with Crippen LogP contribution in [0.15, 0.2) is 41.3 Å². The van der Waals surface area contributed by atoms with Gasteiger partial charge in [0.1, 0.15) is 5.69 Å². The molecular weight excluding hydrogens is 372 g/mol. The van der Waals surface area contributed by atoms with E-state index in [-0.39, 0.29) is 19.8 Å². The van der Waals surface area contributed by atoms with E-state index >= 15 is 0 Å². The lowest BCUT2D eigenvalue weighted by Gasteiger charge is -2.26. The van der Waals surface area contributed by atoms with Crippen LogP contribution in [-0.2, 0) is 22.1 Å². The molecule has 0 saturated carbocycles. The van der Waals surface area contributed by atoms with E-state index in [1.807, 2.05) is 0 Å². The largest absolute Gasteiger partial charge is 0.375 e. The van der Waals surface area contributed by atoms with Crippen molar-refractivity contribution in [3.63, 3.8) is 0 Å². The fourth-order valence-corrected chi connectivity index (χ4v) is 2.67. The number of nitrogens with zero attached hydrogens (tertiary/aromatic N) is 3. The van der Waals surface area contributed by atoms with Crippen LogP contribution in [0.2, 0.25) is 0 Å². The number of benzene rings is 1. The fraction of sp³-hybridized carbons (Fsp3) is 0.267. The summed E-state index contributed by atoms with van der Waals surface area (Å²) in [6, 6.07) is 5.15. The van der Waals surface area contributed by atoms with Crippen LogP contribution >= 0.6 is 15.9 Å². The summed E-state index contributed by atoms with van der Waals surface area (Å²) in [7, 11) is 0. The van der Waals surface area contributed by atoms with E-state index < -0.39 is 17.5 Å². The van der Waals surface area contributed by atoms with E-state index in [1.54, 1.807) is 18.2 Å². The third kappa shape index (κ3) is 3.09. The van der Waals surface area contributed by atoms with Gasteiger partial charge in [-0.2, -0.15) is 8.78 Å². The Morgan fingerprint density at radius 2 is 2.17 bits per heavy atom. The first-order valence-corrected chi connectivity index (χ1v) is 7.62. The predicted octanol–water partition coefficient (Wildman–Crippen LogP) is 2.89. The van der Waals surface area contributed by atoms with Gasteiger partial charge in [-0.1, -0.05) is 22.0 Å². The lowest BCUT2D eigenvalue weighted by Crippen LogP contribution is -2.44. The van der Waals surface area contributed by atoms with Gasteiger partial charge < -0.3 is 9.64 Å². The molecule has 0 aliphatic carbocycles. The van der Waals surface area contributed by atoms with Gasteiger partial charge in [0.2, 0.25) is 0 Å². The van der Waals surface area contributed by atoms with Gasteiger partial charge in [0.05, 0.1) is 25.1 Å². The number of hydrogen-bond donors (Lipinski definition) is 0. The first-order valence-electron chi connectivity index (χ1n) is 6.82. The van der Waals surface area contributed by atoms with E-state index in [1.165, 1.54) is 6.20 Å². The predicted molar refractivity (Wildman–Crippen MR) is 82.1 cm³/mol. The van der Waals surface area contributed by atoms with E-state index in [4.69, 9.17) is 4.74 Å². The maximum Gasteiger partial charge on any atom is 0.368 e. The van der Waals surface area contributed by atoms with Crippen molar-refractivity contribution in [2.75, 3.05) is 18.1 Å². The molecule has 2 heterocycles. The van der Waals surface area contributed by atoms with Gasteiger partial charge in [-0.15, -0.1) is 0 Å². The summed E-state index contributed by atoms with van der Waals surface area (Å²) in [6.07, 6.45) is 3.30. The third-order valence-corrected chi connectivity index (χ3v) is 3.95. The quantitative estimate of drug-likeness (QED) is 0.799. The van der Waals surface area contributed by atoms with Gasteiger partial charge in [0, 0.05) is 29.0 Å². The average molecular weight is 384 g/mol. The van der Waals surface area contributed by atoms with Crippen molar-refractivity contribution in [3.8, 4) is 0 Å². The Hall–Kier alpha value is -1.93. The van der Waals surface area contributed by atoms with Crippen molar-refractivity contribution in [2.24, 2.45) is 0 Å². The molecule has 2 aromatic rings. The van der Waals surface area contributed by atoms with E-state index in [2.05, 4.69) is 25.9 Å². The highest BCUT2D eigenvalue weighted by Crippen LogP contribution is 2.34. The molecule has 0 atom stereocenters. The number of anilines is 1.